The molecule has 0 unspecified atom stereocenters. The van der Waals surface area contributed by atoms with Crippen molar-refractivity contribution in [3.8, 4) is 5.69 Å². The molecule has 6 nitrogen and oxygen atoms in total. The summed E-state index contributed by atoms with van der Waals surface area (Å²) in [4.78, 5) is 10.3. The van der Waals surface area contributed by atoms with E-state index in [0.717, 1.165) is 11.4 Å². The molecule has 0 spiro atoms. The first-order valence-corrected chi connectivity index (χ1v) is 5.06. The van der Waals surface area contributed by atoms with Gasteiger partial charge in [-0.15, -0.1) is 0 Å². The number of hydrogen-bond donors (Lipinski definition) is 1. The monoisotopic (exact) mass is 232 g/mol. The molecule has 0 radical (unpaired) electrons. The van der Waals surface area contributed by atoms with E-state index in [4.69, 9.17) is 5.73 Å². The van der Waals surface area contributed by atoms with Gasteiger partial charge in [0, 0.05) is 23.4 Å². The van der Waals surface area contributed by atoms with Crippen LogP contribution in [0.4, 0.5) is 11.5 Å². The van der Waals surface area contributed by atoms with Gasteiger partial charge in [0.2, 0.25) is 0 Å². The molecule has 88 valence electrons. The predicted molar refractivity (Wildman–Crippen MR) is 64.1 cm³/mol. The van der Waals surface area contributed by atoms with E-state index >= 15 is 0 Å². The Hall–Kier alpha value is -2.37. The van der Waals surface area contributed by atoms with Gasteiger partial charge < -0.3 is 5.73 Å². The van der Waals surface area contributed by atoms with Gasteiger partial charge in [-0.3, -0.25) is 10.1 Å². The van der Waals surface area contributed by atoms with Crippen molar-refractivity contribution < 1.29 is 4.92 Å². The van der Waals surface area contributed by atoms with Crippen LogP contribution in [0.3, 0.4) is 0 Å². The SMILES string of the molecule is Cc1cc(-n2nc(N)cc2C)ccc1[N+](=O)[O-]. The summed E-state index contributed by atoms with van der Waals surface area (Å²) in [5.41, 5.74) is 7.95. The largest absolute Gasteiger partial charge is 0.382 e. The molecule has 2 N–H and O–H groups in total. The van der Waals surface area contributed by atoms with E-state index in [-0.39, 0.29) is 5.69 Å². The molecule has 0 aliphatic heterocycles. The molecule has 2 rings (SSSR count). The van der Waals surface area contributed by atoms with E-state index in [0.29, 0.717) is 11.4 Å². The predicted octanol–water partition coefficient (Wildman–Crippen LogP) is 1.98. The normalized spacial score (nSPS) is 10.5. The first kappa shape index (κ1) is 11.1. The topological polar surface area (TPSA) is 87.0 Å². The van der Waals surface area contributed by atoms with Crippen LogP contribution in [0.5, 0.6) is 0 Å². The Bertz CT molecular complexity index is 589. The van der Waals surface area contributed by atoms with Crippen LogP contribution in [0.1, 0.15) is 11.3 Å². The van der Waals surface area contributed by atoms with Crippen LogP contribution >= 0.6 is 0 Å². The van der Waals surface area contributed by atoms with Crippen LogP contribution in [-0.4, -0.2) is 14.7 Å². The zero-order valence-corrected chi connectivity index (χ0v) is 9.54. The van der Waals surface area contributed by atoms with Crippen molar-refractivity contribution >= 4 is 11.5 Å². The van der Waals surface area contributed by atoms with Gasteiger partial charge in [0.1, 0.15) is 5.82 Å². The number of nitro groups is 1. The molecular weight excluding hydrogens is 220 g/mol. The molecule has 0 atom stereocenters. The van der Waals surface area contributed by atoms with Gasteiger partial charge in [-0.1, -0.05) is 0 Å². The van der Waals surface area contributed by atoms with Gasteiger partial charge in [0.15, 0.2) is 0 Å². The lowest BCUT2D eigenvalue weighted by molar-refractivity contribution is -0.385. The van der Waals surface area contributed by atoms with Crippen molar-refractivity contribution in [1.82, 2.24) is 9.78 Å². The lowest BCUT2D eigenvalue weighted by Crippen LogP contribution is -2.01. The van der Waals surface area contributed by atoms with Crippen molar-refractivity contribution in [2.45, 2.75) is 13.8 Å². The van der Waals surface area contributed by atoms with Crippen molar-refractivity contribution in [2.75, 3.05) is 5.73 Å². The summed E-state index contributed by atoms with van der Waals surface area (Å²) in [7, 11) is 0. The molecular formula is C11H12N4O2. The average molecular weight is 232 g/mol. The zero-order chi connectivity index (χ0) is 12.6. The van der Waals surface area contributed by atoms with Gasteiger partial charge in [-0.05, 0) is 26.0 Å². The van der Waals surface area contributed by atoms with Crippen LogP contribution < -0.4 is 5.73 Å². The molecule has 6 heteroatoms. The lowest BCUT2D eigenvalue weighted by Gasteiger charge is -2.05. The number of rotatable bonds is 2. The quantitative estimate of drug-likeness (QED) is 0.633. The first-order valence-electron chi connectivity index (χ1n) is 5.06. The van der Waals surface area contributed by atoms with Crippen LogP contribution in [0, 0.1) is 24.0 Å². The third-order valence-electron chi connectivity index (χ3n) is 2.53. The molecule has 0 aliphatic rings. The summed E-state index contributed by atoms with van der Waals surface area (Å²) in [6, 6.07) is 6.60. The van der Waals surface area contributed by atoms with E-state index in [1.807, 2.05) is 6.92 Å². The molecule has 0 amide bonds. The maximum atomic E-state index is 10.7. The molecule has 0 aliphatic carbocycles. The Balaban J connectivity index is 2.51. The summed E-state index contributed by atoms with van der Waals surface area (Å²) in [6.45, 7) is 3.57. The minimum absolute atomic E-state index is 0.103. The van der Waals surface area contributed by atoms with E-state index in [2.05, 4.69) is 5.10 Å². The second kappa shape index (κ2) is 3.89. The van der Waals surface area contributed by atoms with Crippen LogP contribution in [0.15, 0.2) is 24.3 Å². The molecule has 0 fully saturated rings. The maximum absolute atomic E-state index is 10.7. The van der Waals surface area contributed by atoms with Crippen molar-refractivity contribution in [1.29, 1.82) is 0 Å². The highest BCUT2D eigenvalue weighted by Gasteiger charge is 2.12. The minimum atomic E-state index is -0.399. The summed E-state index contributed by atoms with van der Waals surface area (Å²) in [5.74, 6) is 0.429. The highest BCUT2D eigenvalue weighted by atomic mass is 16.6. The highest BCUT2D eigenvalue weighted by molar-refractivity contribution is 5.48. The Kier molecular flexibility index (Phi) is 2.55. The fourth-order valence-electron chi connectivity index (χ4n) is 1.74. The average Bonchev–Trinajstić information content (AvgIpc) is 2.57. The standard InChI is InChI=1S/C11H12N4O2/c1-7-5-9(3-4-10(7)15(16)17)14-8(2)6-11(12)13-14/h3-6H,1-2H3,(H2,12,13). The number of anilines is 1. The number of nitrogens with zero attached hydrogens (tertiary/aromatic N) is 3. The van der Waals surface area contributed by atoms with Gasteiger partial charge in [0.05, 0.1) is 10.6 Å². The third-order valence-corrected chi connectivity index (χ3v) is 2.53. The number of hydrogen-bond acceptors (Lipinski definition) is 4. The van der Waals surface area contributed by atoms with E-state index in [9.17, 15) is 10.1 Å². The molecule has 2 aromatic rings. The molecule has 0 bridgehead atoms. The second-order valence-corrected chi connectivity index (χ2v) is 3.85. The Morgan fingerprint density at radius 1 is 1.35 bits per heavy atom. The summed E-state index contributed by atoms with van der Waals surface area (Å²) in [5, 5.41) is 14.8. The first-order chi connectivity index (χ1) is 7.99. The number of nitro benzene ring substituents is 1. The van der Waals surface area contributed by atoms with Crippen LogP contribution in [0.2, 0.25) is 0 Å². The Labute approximate surface area is 97.8 Å². The number of aryl methyl sites for hydroxylation is 2. The van der Waals surface area contributed by atoms with Crippen LogP contribution in [0.25, 0.3) is 5.69 Å². The van der Waals surface area contributed by atoms with Gasteiger partial charge in [-0.2, -0.15) is 5.10 Å². The maximum Gasteiger partial charge on any atom is 0.272 e. The molecule has 1 heterocycles. The third kappa shape index (κ3) is 1.96. The molecule has 1 aromatic heterocycles. The smallest absolute Gasteiger partial charge is 0.272 e. The fraction of sp³-hybridized carbons (Fsp3) is 0.182. The molecule has 1 aromatic carbocycles. The lowest BCUT2D eigenvalue weighted by atomic mass is 10.2. The van der Waals surface area contributed by atoms with Gasteiger partial charge in [-0.25, -0.2) is 4.68 Å². The summed E-state index contributed by atoms with van der Waals surface area (Å²) < 4.78 is 1.66. The zero-order valence-electron chi connectivity index (χ0n) is 9.54. The number of aromatic nitrogens is 2. The number of nitrogen functional groups attached to an aromatic ring is 1. The Morgan fingerprint density at radius 2 is 2.06 bits per heavy atom. The van der Waals surface area contributed by atoms with Gasteiger partial charge in [0.25, 0.3) is 5.69 Å². The molecule has 0 saturated heterocycles. The summed E-state index contributed by atoms with van der Waals surface area (Å²) >= 11 is 0. The fourth-order valence-corrected chi connectivity index (χ4v) is 1.74. The molecule has 0 saturated carbocycles. The van der Waals surface area contributed by atoms with Gasteiger partial charge >= 0.3 is 0 Å². The number of benzene rings is 1. The summed E-state index contributed by atoms with van der Waals surface area (Å²) in [6.07, 6.45) is 0. The highest BCUT2D eigenvalue weighted by Crippen LogP contribution is 2.22. The Morgan fingerprint density at radius 3 is 2.53 bits per heavy atom. The molecule has 17 heavy (non-hydrogen) atoms. The van der Waals surface area contributed by atoms with E-state index in [1.165, 1.54) is 6.07 Å². The second-order valence-electron chi connectivity index (χ2n) is 3.85. The van der Waals surface area contributed by atoms with Crippen molar-refractivity contribution in [3.05, 3.63) is 45.6 Å². The number of nitrogens with two attached hydrogens (primary N) is 1. The van der Waals surface area contributed by atoms with E-state index < -0.39 is 4.92 Å². The van der Waals surface area contributed by atoms with Crippen molar-refractivity contribution in [2.24, 2.45) is 0 Å². The van der Waals surface area contributed by atoms with Crippen LogP contribution in [-0.2, 0) is 0 Å². The van der Waals surface area contributed by atoms with E-state index in [1.54, 1.807) is 29.8 Å². The minimum Gasteiger partial charge on any atom is -0.382 e. The van der Waals surface area contributed by atoms with Crippen molar-refractivity contribution in [3.63, 3.8) is 0 Å².